The minimum Gasteiger partial charge on any atom is -0.850 e. The first-order valence-electron chi connectivity index (χ1n) is 30.9. The quantitative estimate of drug-likeness (QED) is 0.0148. The molecule has 109 heavy (non-hydrogen) atoms. The Labute approximate surface area is 705 Å². The van der Waals surface area contributed by atoms with Gasteiger partial charge in [-0.3, -0.25) is 28.8 Å². The molecule has 0 fully saturated rings. The molecular weight excluding hydrogens is 1780 g/mol. The molecule has 0 unspecified atom stereocenters. The molecular formula is C69H75Br2Cl4F16KN3O11P3. The van der Waals surface area contributed by atoms with Crippen molar-refractivity contribution in [1.29, 1.82) is 0 Å². The number of alkyl halides is 6. The third-order valence-corrected chi connectivity index (χ3v) is 14.4. The third kappa shape index (κ3) is 46.5. The molecule has 7 rings (SSSR count). The number of benzene rings is 4. The van der Waals surface area contributed by atoms with Crippen LogP contribution in [0.15, 0.2) is 73.6 Å². The maximum atomic E-state index is 14.2. The monoisotopic (exact) mass is 1860 g/mol. The zero-order valence-corrected chi connectivity index (χ0v) is 72.6. The molecule has 0 aliphatic heterocycles. The first-order valence-corrected chi connectivity index (χ1v) is 37.2. The number of ether oxygens (including phenoxy) is 2. The van der Waals surface area contributed by atoms with Gasteiger partial charge in [-0.2, -0.15) is 0 Å². The first-order chi connectivity index (χ1) is 50.7. The Balaban J connectivity index is -0.000000593. The molecule has 3 aromatic heterocycles. The van der Waals surface area contributed by atoms with Gasteiger partial charge in [0.1, 0.15) is 6.29 Å². The van der Waals surface area contributed by atoms with Crippen molar-refractivity contribution in [3.63, 3.8) is 0 Å². The largest absolute Gasteiger partial charge is 1.00 e. The van der Waals surface area contributed by atoms with Gasteiger partial charge in [0.2, 0.25) is 0 Å². The number of hydrogen-bond donors (Lipinski definition) is 0. The second-order valence-electron chi connectivity index (χ2n) is 20.2. The summed E-state index contributed by atoms with van der Waals surface area (Å²) in [5.41, 5.74) is -5.06. The van der Waals surface area contributed by atoms with Crippen LogP contribution in [-0.4, -0.2) is 76.3 Å². The maximum Gasteiger partial charge on any atom is 1.00 e. The van der Waals surface area contributed by atoms with E-state index in [0.717, 1.165) is 58.7 Å². The molecule has 0 radical (unpaired) electrons. The van der Waals surface area contributed by atoms with Crippen LogP contribution in [0.25, 0.3) is 24.3 Å². The summed E-state index contributed by atoms with van der Waals surface area (Å²) in [5, 5.41) is 9.55. The zero-order valence-electron chi connectivity index (χ0n) is 60.6. The Morgan fingerprint density at radius 1 is 0.413 bits per heavy atom. The molecule has 0 amide bonds. The number of carbonyl (C=O) groups excluding carboxylic acids is 1. The van der Waals surface area contributed by atoms with E-state index in [1.165, 1.54) is 36.9 Å². The minimum atomic E-state index is -1.68. The van der Waals surface area contributed by atoms with Crippen molar-refractivity contribution in [3.8, 4) is 0 Å². The van der Waals surface area contributed by atoms with Crippen LogP contribution in [-0.2, 0) is 65.1 Å². The van der Waals surface area contributed by atoms with Crippen LogP contribution < -0.4 is 56.5 Å². The van der Waals surface area contributed by atoms with Gasteiger partial charge in [0, 0.05) is 102 Å². The summed E-state index contributed by atoms with van der Waals surface area (Å²) in [7, 11) is -2.84. The minimum absolute atomic E-state index is 0. The first kappa shape index (κ1) is 112. The molecule has 0 saturated heterocycles. The second kappa shape index (κ2) is 63.7. The number of aldehydes is 1. The van der Waals surface area contributed by atoms with Gasteiger partial charge in [-0.1, -0.05) is 111 Å². The molecule has 0 bridgehead atoms. The molecule has 602 valence electrons. The molecule has 4 aromatic carbocycles. The van der Waals surface area contributed by atoms with Crippen molar-refractivity contribution in [2.75, 3.05) is 46.2 Å². The number of pyridine rings is 3. The van der Waals surface area contributed by atoms with E-state index in [2.05, 4.69) is 55.9 Å². The van der Waals surface area contributed by atoms with E-state index in [1.807, 2.05) is 48.5 Å². The van der Waals surface area contributed by atoms with E-state index in [1.54, 1.807) is 69.6 Å². The van der Waals surface area contributed by atoms with Crippen molar-refractivity contribution in [2.45, 2.75) is 116 Å². The van der Waals surface area contributed by atoms with Gasteiger partial charge < -0.3 is 28.2 Å². The Kier molecular flexibility index (Phi) is 65.3. The van der Waals surface area contributed by atoms with Crippen LogP contribution in [0.3, 0.4) is 0 Å². The van der Waals surface area contributed by atoms with Gasteiger partial charge in [0.25, 0.3) is 3.25 Å². The molecule has 0 spiro atoms. The molecule has 0 aliphatic carbocycles. The molecule has 14 nitrogen and oxygen atoms in total. The fraction of sp³-hybridized carbons (Fsp3) is 0.362. The SMILES string of the molecule is CC(C)(C)[O-].CCOCC.CCOCC.CCOP(OCC)OCC.Cc1c(F)c(F)c(C)c(F)c1F.ClC(Cl)(Cl)Cl.Fc1c(F)c(/C=C/c2ccncc2)c(F)c(F)c1/C=C/c1ccncc1.Fc1c(F)c(CBr)c(F)c(F)c1CBr.O=Cc1ccncc1.O=POCc1c(F)c(F)c(COP=O)c(F)c1F.[K+]. The van der Waals surface area contributed by atoms with E-state index >= 15 is 0 Å². The molecule has 7 aromatic rings. The zero-order chi connectivity index (χ0) is 83.5. The number of halogens is 22. The van der Waals surface area contributed by atoms with Crippen molar-refractivity contribution in [2.24, 2.45) is 0 Å². The Morgan fingerprint density at radius 3 is 0.807 bits per heavy atom. The van der Waals surface area contributed by atoms with Crippen LogP contribution in [0.4, 0.5) is 70.2 Å². The van der Waals surface area contributed by atoms with Gasteiger partial charge in [-0.15, -0.1) is 5.60 Å². The van der Waals surface area contributed by atoms with Crippen LogP contribution in [0.5, 0.6) is 0 Å². The summed E-state index contributed by atoms with van der Waals surface area (Å²) in [4.78, 5) is 21.3. The molecule has 3 heterocycles. The van der Waals surface area contributed by atoms with Crippen LogP contribution in [0, 0.1) is 107 Å². The van der Waals surface area contributed by atoms with Gasteiger partial charge in [-0.25, -0.2) is 79.4 Å². The van der Waals surface area contributed by atoms with Crippen molar-refractivity contribution in [3.05, 3.63) is 228 Å². The number of nitrogens with zero attached hydrogens (tertiary/aromatic N) is 3. The summed E-state index contributed by atoms with van der Waals surface area (Å²) in [6, 6.07) is 9.67. The van der Waals surface area contributed by atoms with Crippen molar-refractivity contribution >= 4 is 135 Å². The maximum absolute atomic E-state index is 14.2. The summed E-state index contributed by atoms with van der Waals surface area (Å²) < 4.78 is 265. The Hall–Kier alpha value is -3.57. The fourth-order valence-corrected chi connectivity index (χ4v) is 8.72. The predicted octanol–water partition coefficient (Wildman–Crippen LogP) is 21.0. The third-order valence-electron chi connectivity index (χ3n) is 11.4. The van der Waals surface area contributed by atoms with Gasteiger partial charge in [0.05, 0.1) is 55.3 Å². The molecule has 0 N–H and O–H groups in total. The van der Waals surface area contributed by atoms with Crippen molar-refractivity contribution in [1.82, 2.24) is 15.0 Å². The molecule has 40 heteroatoms. The predicted molar refractivity (Wildman–Crippen MR) is 393 cm³/mol. The van der Waals surface area contributed by atoms with Gasteiger partial charge in [-0.05, 0) is 122 Å². The summed E-state index contributed by atoms with van der Waals surface area (Å²) >= 11 is 24.8. The standard InChI is InChI=1S/C20H12F4N2.C8H4Br2F4.C8H4F4O4P2.C8H6F4.C6H5NO.C6H15O3P.C4H9O.2C4H10O.CCl4.K/c21-17-15(3-1-13-5-9-25-10-6-13)18(22)20(24)16(19(17)23)4-2-14-7-11-26-12-8-14;9-1-3-5(11)7(13)4(2-10)8(14)6(3)12;9-5-3(1-15-17-13)6(10)8(12)4(7(5)11)2-16-18-14;1-3-5(9)7(11)4(2)8(12)6(3)10;8-5-6-1-3-7-4-2-6;1-4-7-10(8-5-2)9-6-3;1-4(2,3)5;2*1-3-5-4-2;2-1(3,4)5;/h1-12H;1-2H2;1-2H2;1-2H3;1-5H;4-6H2,1-3H3;1-3H3;2*3-4H2,1-2H3;;/q;;;;;;-1;;;;+1/b3-1+,4-2+;;;;;;;;;;. The average Bonchev–Trinajstić information content (AvgIpc) is 0.821. The number of aromatic nitrogens is 3. The summed E-state index contributed by atoms with van der Waals surface area (Å²) in [5.74, 6) is -23.3. The van der Waals surface area contributed by atoms with Crippen LogP contribution >= 0.6 is 104 Å². The van der Waals surface area contributed by atoms with E-state index in [0.29, 0.717) is 36.5 Å². The average molecular weight is 1860 g/mol. The normalized spacial score (nSPS) is 10.6. The van der Waals surface area contributed by atoms with Gasteiger partial charge in [0.15, 0.2) is 93.1 Å². The molecule has 0 aliphatic rings. The topological polar surface area (TPSA) is 178 Å². The van der Waals surface area contributed by atoms with Crippen LogP contribution in [0.2, 0.25) is 0 Å². The van der Waals surface area contributed by atoms with Crippen molar-refractivity contribution < 1.29 is 173 Å². The van der Waals surface area contributed by atoms with E-state index < -0.39 is 186 Å². The number of hydrogen-bond acceptors (Lipinski definition) is 14. The Bertz CT molecular complexity index is 3440. The van der Waals surface area contributed by atoms with E-state index in [4.69, 9.17) is 69.4 Å². The molecule has 0 saturated carbocycles. The second-order valence-corrected chi connectivity index (χ2v) is 26.8. The summed E-state index contributed by atoms with van der Waals surface area (Å²) in [6.45, 7) is 24.1. The number of carbonyl (C=O) groups is 1. The number of rotatable bonds is 23. The smallest absolute Gasteiger partial charge is 0.850 e. The van der Waals surface area contributed by atoms with E-state index in [-0.39, 0.29) is 62.0 Å². The van der Waals surface area contributed by atoms with E-state index in [9.17, 15) is 89.3 Å². The molecule has 0 atom stereocenters. The van der Waals surface area contributed by atoms with Gasteiger partial charge >= 0.3 is 77.4 Å². The Morgan fingerprint density at radius 2 is 0.633 bits per heavy atom. The summed E-state index contributed by atoms with van der Waals surface area (Å²) in [6.07, 6.45) is 14.6. The van der Waals surface area contributed by atoms with Crippen LogP contribution in [0.1, 0.15) is 135 Å². The fourth-order valence-electron chi connectivity index (χ4n) is 6.51.